The molecule has 0 saturated carbocycles. The largest absolute Gasteiger partial charge is 0.270 e. The Morgan fingerprint density at radius 2 is 2.23 bits per heavy atom. The minimum atomic E-state index is -0.367. The van der Waals surface area contributed by atoms with Crippen molar-refractivity contribution in [1.29, 1.82) is 0 Å². The van der Waals surface area contributed by atoms with Crippen molar-refractivity contribution in [3.63, 3.8) is 0 Å². The van der Waals surface area contributed by atoms with Crippen LogP contribution in [0.4, 0.5) is 5.69 Å². The molecular weight excluding hydrogens is 186 g/mol. The molecule has 66 valence electrons. The topological polar surface area (TPSA) is 43.1 Å². The van der Waals surface area contributed by atoms with Gasteiger partial charge in [0.2, 0.25) is 0 Å². The molecule has 13 heavy (non-hydrogen) atoms. The van der Waals surface area contributed by atoms with Crippen LogP contribution in [0.25, 0.3) is 10.1 Å². The van der Waals surface area contributed by atoms with Crippen LogP contribution in [0.1, 0.15) is 5.56 Å². The predicted octanol–water partition coefficient (Wildman–Crippen LogP) is 3.12. The van der Waals surface area contributed by atoms with Crippen LogP contribution in [0.2, 0.25) is 0 Å². The fourth-order valence-corrected chi connectivity index (χ4v) is 2.24. The van der Waals surface area contributed by atoms with Gasteiger partial charge in [-0.05, 0) is 29.3 Å². The number of fused-ring (bicyclic) bond motifs is 1. The molecule has 1 aromatic heterocycles. The Hall–Kier alpha value is -1.42. The van der Waals surface area contributed by atoms with Crippen LogP contribution >= 0.6 is 11.3 Å². The zero-order valence-corrected chi connectivity index (χ0v) is 7.80. The standard InChI is InChI=1S/C9H7NO2S/c1-6-5-13-9-4-7(10(11)12)2-3-8(6)9/h2-5H,1H3. The number of rotatable bonds is 1. The van der Waals surface area contributed by atoms with Crippen molar-refractivity contribution in [3.8, 4) is 0 Å². The van der Waals surface area contributed by atoms with E-state index in [1.165, 1.54) is 5.56 Å². The number of aryl methyl sites for hydroxylation is 1. The summed E-state index contributed by atoms with van der Waals surface area (Å²) in [5, 5.41) is 13.6. The van der Waals surface area contributed by atoms with Gasteiger partial charge in [-0.3, -0.25) is 10.1 Å². The summed E-state index contributed by atoms with van der Waals surface area (Å²) in [6.45, 7) is 2.00. The van der Waals surface area contributed by atoms with Crippen molar-refractivity contribution in [2.45, 2.75) is 6.92 Å². The van der Waals surface area contributed by atoms with E-state index in [-0.39, 0.29) is 10.6 Å². The van der Waals surface area contributed by atoms with Crippen LogP contribution in [0.15, 0.2) is 23.6 Å². The van der Waals surface area contributed by atoms with Crippen LogP contribution in [0.3, 0.4) is 0 Å². The van der Waals surface area contributed by atoms with Gasteiger partial charge in [0, 0.05) is 16.8 Å². The van der Waals surface area contributed by atoms with Crippen LogP contribution in [-0.2, 0) is 0 Å². The predicted molar refractivity (Wildman–Crippen MR) is 53.2 cm³/mol. The first-order valence-electron chi connectivity index (χ1n) is 3.81. The molecule has 2 aromatic rings. The van der Waals surface area contributed by atoms with E-state index in [1.807, 2.05) is 12.3 Å². The number of nitrogens with zero attached hydrogens (tertiary/aromatic N) is 1. The molecule has 0 atom stereocenters. The maximum Gasteiger partial charge on any atom is 0.270 e. The minimum absolute atomic E-state index is 0.161. The number of non-ortho nitro benzene ring substituents is 1. The van der Waals surface area contributed by atoms with Gasteiger partial charge in [0.05, 0.1) is 4.92 Å². The highest BCUT2D eigenvalue weighted by Gasteiger charge is 2.07. The summed E-state index contributed by atoms with van der Waals surface area (Å²) in [6, 6.07) is 4.97. The molecule has 3 nitrogen and oxygen atoms in total. The van der Waals surface area contributed by atoms with E-state index in [0.29, 0.717) is 0 Å². The Morgan fingerprint density at radius 3 is 2.92 bits per heavy atom. The molecule has 0 spiro atoms. The monoisotopic (exact) mass is 193 g/mol. The first-order chi connectivity index (χ1) is 6.18. The van der Waals surface area contributed by atoms with Crippen molar-refractivity contribution in [2.75, 3.05) is 0 Å². The molecule has 0 unspecified atom stereocenters. The average molecular weight is 193 g/mol. The first kappa shape index (κ1) is 8.19. The summed E-state index contributed by atoms with van der Waals surface area (Å²) in [6.07, 6.45) is 0. The van der Waals surface area contributed by atoms with Crippen molar-refractivity contribution in [1.82, 2.24) is 0 Å². The van der Waals surface area contributed by atoms with Crippen molar-refractivity contribution < 1.29 is 4.92 Å². The third-order valence-electron chi connectivity index (χ3n) is 1.96. The molecule has 1 heterocycles. The molecule has 0 saturated heterocycles. The number of nitro benzene ring substituents is 1. The molecule has 0 aliphatic carbocycles. The molecule has 1 aromatic carbocycles. The van der Waals surface area contributed by atoms with Crippen LogP contribution in [0.5, 0.6) is 0 Å². The van der Waals surface area contributed by atoms with E-state index < -0.39 is 0 Å². The minimum Gasteiger partial charge on any atom is -0.258 e. The normalized spacial score (nSPS) is 10.5. The number of nitro groups is 1. The third-order valence-corrected chi connectivity index (χ3v) is 3.03. The molecule has 0 radical (unpaired) electrons. The van der Waals surface area contributed by atoms with Crippen molar-refractivity contribution >= 4 is 27.1 Å². The smallest absolute Gasteiger partial charge is 0.258 e. The Bertz CT molecular complexity index is 475. The Kier molecular flexibility index (Phi) is 1.77. The molecule has 0 aliphatic heterocycles. The van der Waals surface area contributed by atoms with Crippen LogP contribution in [0, 0.1) is 17.0 Å². The second-order valence-electron chi connectivity index (χ2n) is 2.86. The highest BCUT2D eigenvalue weighted by Crippen LogP contribution is 2.28. The molecule has 2 rings (SSSR count). The number of hydrogen-bond acceptors (Lipinski definition) is 3. The zero-order chi connectivity index (χ0) is 9.42. The number of thiophene rings is 1. The maximum atomic E-state index is 10.5. The molecule has 0 aliphatic rings. The SMILES string of the molecule is Cc1csc2cc([N+](=O)[O-])ccc12. The van der Waals surface area contributed by atoms with Gasteiger partial charge in [0.15, 0.2) is 0 Å². The van der Waals surface area contributed by atoms with Gasteiger partial charge in [0.1, 0.15) is 0 Å². The Morgan fingerprint density at radius 1 is 1.46 bits per heavy atom. The summed E-state index contributed by atoms with van der Waals surface area (Å²) >= 11 is 1.54. The number of hydrogen-bond donors (Lipinski definition) is 0. The van der Waals surface area contributed by atoms with Gasteiger partial charge < -0.3 is 0 Å². The van der Waals surface area contributed by atoms with E-state index in [4.69, 9.17) is 0 Å². The zero-order valence-electron chi connectivity index (χ0n) is 6.98. The summed E-state index contributed by atoms with van der Waals surface area (Å²) in [5.41, 5.74) is 1.34. The second-order valence-corrected chi connectivity index (χ2v) is 3.77. The lowest BCUT2D eigenvalue weighted by Gasteiger charge is -1.92. The number of benzene rings is 1. The van der Waals surface area contributed by atoms with E-state index in [9.17, 15) is 10.1 Å². The molecule has 0 amide bonds. The molecule has 4 heteroatoms. The third kappa shape index (κ3) is 1.29. The molecule has 0 bridgehead atoms. The fourth-order valence-electron chi connectivity index (χ4n) is 1.26. The van der Waals surface area contributed by atoms with Crippen LogP contribution < -0.4 is 0 Å². The summed E-state index contributed by atoms with van der Waals surface area (Å²) in [4.78, 5) is 10.1. The van der Waals surface area contributed by atoms with Gasteiger partial charge in [-0.2, -0.15) is 0 Å². The van der Waals surface area contributed by atoms with E-state index >= 15 is 0 Å². The molecular formula is C9H7NO2S. The van der Waals surface area contributed by atoms with Gasteiger partial charge >= 0.3 is 0 Å². The summed E-state index contributed by atoms with van der Waals surface area (Å²) < 4.78 is 0.978. The quantitative estimate of drug-likeness (QED) is 0.516. The highest BCUT2D eigenvalue weighted by atomic mass is 32.1. The Labute approximate surface area is 78.8 Å². The summed E-state index contributed by atoms with van der Waals surface area (Å²) in [5.74, 6) is 0. The van der Waals surface area contributed by atoms with Gasteiger partial charge in [-0.1, -0.05) is 0 Å². The van der Waals surface area contributed by atoms with E-state index in [1.54, 1.807) is 29.5 Å². The second kappa shape index (κ2) is 2.81. The molecule has 0 fully saturated rings. The Balaban J connectivity index is 2.70. The lowest BCUT2D eigenvalue weighted by Crippen LogP contribution is -1.85. The lowest BCUT2D eigenvalue weighted by atomic mass is 10.2. The van der Waals surface area contributed by atoms with Gasteiger partial charge in [-0.25, -0.2) is 0 Å². The highest BCUT2D eigenvalue weighted by molar-refractivity contribution is 7.17. The maximum absolute atomic E-state index is 10.5. The van der Waals surface area contributed by atoms with E-state index in [2.05, 4.69) is 0 Å². The van der Waals surface area contributed by atoms with Gasteiger partial charge in [-0.15, -0.1) is 11.3 Å². The molecule has 0 N–H and O–H groups in total. The fraction of sp³-hybridized carbons (Fsp3) is 0.111. The van der Waals surface area contributed by atoms with Gasteiger partial charge in [0.25, 0.3) is 5.69 Å². The van der Waals surface area contributed by atoms with E-state index in [0.717, 1.165) is 10.1 Å². The van der Waals surface area contributed by atoms with Crippen molar-refractivity contribution in [2.24, 2.45) is 0 Å². The lowest BCUT2D eigenvalue weighted by molar-refractivity contribution is -0.384. The average Bonchev–Trinajstić information content (AvgIpc) is 2.47. The van der Waals surface area contributed by atoms with Crippen LogP contribution in [-0.4, -0.2) is 4.92 Å². The first-order valence-corrected chi connectivity index (χ1v) is 4.68. The van der Waals surface area contributed by atoms with Crippen molar-refractivity contribution in [3.05, 3.63) is 39.3 Å². The summed E-state index contributed by atoms with van der Waals surface area (Å²) in [7, 11) is 0.